The Morgan fingerprint density at radius 1 is 1.50 bits per heavy atom. The maximum atomic E-state index is 10.7. The molecule has 1 aromatic carbocycles. The summed E-state index contributed by atoms with van der Waals surface area (Å²) in [6.45, 7) is 5.26. The molecule has 0 amide bonds. The van der Waals surface area contributed by atoms with Gasteiger partial charge >= 0.3 is 0 Å². The highest BCUT2D eigenvalue weighted by Gasteiger charge is 1.96. The molecule has 0 aliphatic carbocycles. The lowest BCUT2D eigenvalue weighted by molar-refractivity contribution is 0.104. The summed E-state index contributed by atoms with van der Waals surface area (Å²) in [6.07, 6.45) is 0. The van der Waals surface area contributed by atoms with Crippen LogP contribution in [0.4, 0.5) is 0 Å². The van der Waals surface area contributed by atoms with Crippen LogP contribution in [0.1, 0.15) is 15.9 Å². The van der Waals surface area contributed by atoms with Crippen molar-refractivity contribution in [1.29, 1.82) is 0 Å². The highest BCUT2D eigenvalue weighted by atomic mass is 16.1. The molecule has 0 heterocycles. The number of carbonyl (C=O) groups excluding carboxylic acids is 1. The van der Waals surface area contributed by atoms with E-state index in [2.05, 4.69) is 6.92 Å². The predicted octanol–water partition coefficient (Wildman–Crippen LogP) is 2.01. The molecule has 0 aromatic heterocycles. The summed E-state index contributed by atoms with van der Waals surface area (Å²) in [5, 5.41) is 0. The van der Waals surface area contributed by atoms with Crippen molar-refractivity contribution in [3.63, 3.8) is 0 Å². The Labute approximate surface area is 60.7 Å². The molecule has 0 N–H and O–H groups in total. The molecule has 0 saturated heterocycles. The molecule has 1 nitrogen and oxygen atoms in total. The first kappa shape index (κ1) is 7.00. The maximum Gasteiger partial charge on any atom is 0.163 e. The maximum absolute atomic E-state index is 10.7. The molecule has 1 heteroatoms. The predicted molar refractivity (Wildman–Crippen MR) is 40.9 cm³/mol. The van der Waals surface area contributed by atoms with E-state index in [1.165, 1.54) is 0 Å². The first-order valence-corrected chi connectivity index (χ1v) is 3.13. The molecule has 0 atom stereocenters. The smallest absolute Gasteiger partial charge is 0.163 e. The monoisotopic (exact) mass is 133 g/mol. The minimum atomic E-state index is -0.122. The van der Waals surface area contributed by atoms with Crippen LogP contribution in [0.2, 0.25) is 0 Å². The first-order valence-electron chi connectivity index (χ1n) is 3.13. The van der Waals surface area contributed by atoms with E-state index in [0.29, 0.717) is 5.56 Å². The minimum Gasteiger partial charge on any atom is -0.294 e. The summed E-state index contributed by atoms with van der Waals surface area (Å²) in [6, 6.07) is 7.40. The molecule has 0 fully saturated rings. The zero-order valence-electron chi connectivity index (χ0n) is 5.92. The van der Waals surface area contributed by atoms with Crippen LogP contribution in [-0.4, -0.2) is 5.78 Å². The van der Waals surface area contributed by atoms with E-state index in [1.807, 2.05) is 25.1 Å². The van der Waals surface area contributed by atoms with E-state index in [-0.39, 0.29) is 5.78 Å². The molecule has 1 rings (SSSR count). The fraction of sp³-hybridized carbons (Fsp3) is 0.111. The van der Waals surface area contributed by atoms with Gasteiger partial charge < -0.3 is 0 Å². The largest absolute Gasteiger partial charge is 0.294 e. The number of ketones is 1. The Morgan fingerprint density at radius 3 is 2.60 bits per heavy atom. The molecule has 1 aromatic rings. The van der Waals surface area contributed by atoms with E-state index in [0.717, 1.165) is 5.56 Å². The van der Waals surface area contributed by atoms with E-state index >= 15 is 0 Å². The summed E-state index contributed by atoms with van der Waals surface area (Å²) in [7, 11) is 0. The summed E-state index contributed by atoms with van der Waals surface area (Å²) < 4.78 is 0. The Morgan fingerprint density at radius 2 is 2.20 bits per heavy atom. The van der Waals surface area contributed by atoms with Gasteiger partial charge in [0.15, 0.2) is 5.78 Å². The molecule has 10 heavy (non-hydrogen) atoms. The SMILES string of the molecule is [CH2]C(=O)c1cccc(C)c1. The summed E-state index contributed by atoms with van der Waals surface area (Å²) >= 11 is 0. The summed E-state index contributed by atoms with van der Waals surface area (Å²) in [5.74, 6) is -0.122. The van der Waals surface area contributed by atoms with Crippen LogP contribution < -0.4 is 0 Å². The van der Waals surface area contributed by atoms with Crippen molar-refractivity contribution in [2.75, 3.05) is 0 Å². The number of hydrogen-bond acceptors (Lipinski definition) is 1. The average Bonchev–Trinajstić information content (AvgIpc) is 1.88. The van der Waals surface area contributed by atoms with E-state index in [9.17, 15) is 4.79 Å². The number of hydrogen-bond donors (Lipinski definition) is 0. The van der Waals surface area contributed by atoms with Crippen molar-refractivity contribution >= 4 is 5.78 Å². The molecular weight excluding hydrogens is 124 g/mol. The third kappa shape index (κ3) is 1.44. The van der Waals surface area contributed by atoms with E-state index < -0.39 is 0 Å². The normalized spacial score (nSPS) is 9.40. The molecular formula is C9H9O. The molecule has 1 radical (unpaired) electrons. The van der Waals surface area contributed by atoms with Gasteiger partial charge in [0.2, 0.25) is 0 Å². The zero-order valence-corrected chi connectivity index (χ0v) is 5.92. The molecule has 0 spiro atoms. The zero-order chi connectivity index (χ0) is 7.56. The van der Waals surface area contributed by atoms with Gasteiger partial charge in [-0.15, -0.1) is 0 Å². The Bertz CT molecular complexity index is 251. The number of aryl methyl sites for hydroxylation is 1. The fourth-order valence-electron chi connectivity index (χ4n) is 0.819. The van der Waals surface area contributed by atoms with Crippen molar-refractivity contribution in [2.24, 2.45) is 0 Å². The van der Waals surface area contributed by atoms with Gasteiger partial charge in [-0.3, -0.25) is 4.79 Å². The first-order chi connectivity index (χ1) is 4.70. The number of carbonyl (C=O) groups is 1. The van der Waals surface area contributed by atoms with E-state index in [4.69, 9.17) is 0 Å². The van der Waals surface area contributed by atoms with Crippen molar-refractivity contribution in [3.8, 4) is 0 Å². The van der Waals surface area contributed by atoms with Gasteiger partial charge in [-0.2, -0.15) is 0 Å². The lowest BCUT2D eigenvalue weighted by Gasteiger charge is -1.94. The van der Waals surface area contributed by atoms with Gasteiger partial charge in [-0.05, 0) is 13.0 Å². The lowest BCUT2D eigenvalue weighted by atomic mass is 10.1. The molecule has 0 aliphatic heterocycles. The molecule has 51 valence electrons. The van der Waals surface area contributed by atoms with Crippen molar-refractivity contribution in [2.45, 2.75) is 6.92 Å². The molecule has 0 bridgehead atoms. The Balaban J connectivity index is 3.07. The Kier molecular flexibility index (Phi) is 1.86. The average molecular weight is 133 g/mol. The third-order valence-electron chi connectivity index (χ3n) is 1.34. The number of rotatable bonds is 1. The fourth-order valence-corrected chi connectivity index (χ4v) is 0.819. The molecule has 0 saturated carbocycles. The Hall–Kier alpha value is -1.11. The van der Waals surface area contributed by atoms with Gasteiger partial charge in [0.25, 0.3) is 0 Å². The van der Waals surface area contributed by atoms with E-state index in [1.54, 1.807) is 6.07 Å². The molecule has 0 unspecified atom stereocenters. The third-order valence-corrected chi connectivity index (χ3v) is 1.34. The second-order valence-corrected chi connectivity index (χ2v) is 2.29. The molecule has 0 aliphatic rings. The summed E-state index contributed by atoms with van der Waals surface area (Å²) in [5.41, 5.74) is 1.77. The van der Waals surface area contributed by atoms with Gasteiger partial charge in [-0.1, -0.05) is 23.8 Å². The number of Topliss-reactive ketones (excluding diaryl/α,β-unsaturated/α-hetero) is 1. The summed E-state index contributed by atoms with van der Waals surface area (Å²) in [4.78, 5) is 10.7. The van der Waals surface area contributed by atoms with Gasteiger partial charge in [0.05, 0.1) is 0 Å². The number of benzene rings is 1. The minimum absolute atomic E-state index is 0.122. The van der Waals surface area contributed by atoms with Gasteiger partial charge in [0.1, 0.15) is 0 Å². The van der Waals surface area contributed by atoms with Crippen LogP contribution in [-0.2, 0) is 0 Å². The second-order valence-electron chi connectivity index (χ2n) is 2.29. The second kappa shape index (κ2) is 2.65. The van der Waals surface area contributed by atoms with Crippen molar-refractivity contribution in [1.82, 2.24) is 0 Å². The van der Waals surface area contributed by atoms with Gasteiger partial charge in [0, 0.05) is 12.5 Å². The van der Waals surface area contributed by atoms with Gasteiger partial charge in [-0.25, -0.2) is 0 Å². The quantitative estimate of drug-likeness (QED) is 0.535. The topological polar surface area (TPSA) is 17.1 Å². The van der Waals surface area contributed by atoms with Crippen molar-refractivity contribution in [3.05, 3.63) is 42.3 Å². The van der Waals surface area contributed by atoms with Crippen LogP contribution in [0.15, 0.2) is 24.3 Å². The highest BCUT2D eigenvalue weighted by Crippen LogP contribution is 2.03. The van der Waals surface area contributed by atoms with Crippen LogP contribution in [0.25, 0.3) is 0 Å². The van der Waals surface area contributed by atoms with Crippen LogP contribution in [0.3, 0.4) is 0 Å². The highest BCUT2D eigenvalue weighted by molar-refractivity contribution is 5.99. The van der Waals surface area contributed by atoms with Crippen LogP contribution in [0, 0.1) is 13.8 Å². The van der Waals surface area contributed by atoms with Crippen molar-refractivity contribution < 1.29 is 4.79 Å². The lowest BCUT2D eigenvalue weighted by Crippen LogP contribution is -1.91. The standard InChI is InChI=1S/C9H9O/c1-7-4-3-5-9(6-7)8(2)10/h3-6H,2H2,1H3. The van der Waals surface area contributed by atoms with Crippen LogP contribution in [0.5, 0.6) is 0 Å². The van der Waals surface area contributed by atoms with Crippen LogP contribution >= 0.6 is 0 Å².